The Hall–Kier alpha value is -1.06. The zero-order valence-electron chi connectivity index (χ0n) is 11.3. The highest BCUT2D eigenvalue weighted by atomic mass is 35.5. The minimum absolute atomic E-state index is 0. The number of carbonyl (C=O) groups excluding carboxylic acids is 1. The van der Waals surface area contributed by atoms with Crippen molar-refractivity contribution in [3.8, 4) is 0 Å². The molecule has 1 aromatic carbocycles. The molecule has 102 valence electrons. The predicted octanol–water partition coefficient (Wildman–Crippen LogP) is 2.54. The number of nitrogens with two attached hydrogens (primary N) is 1. The van der Waals surface area contributed by atoms with Crippen LogP contribution in [0.25, 0.3) is 0 Å². The van der Waals surface area contributed by atoms with Crippen molar-refractivity contribution in [3.05, 3.63) is 35.4 Å². The van der Waals surface area contributed by atoms with Gasteiger partial charge in [-0.25, -0.2) is 0 Å². The molecule has 3 nitrogen and oxygen atoms in total. The number of carbonyl (C=O) groups is 1. The number of amides is 1. The van der Waals surface area contributed by atoms with Crippen LogP contribution in [-0.2, 0) is 11.2 Å². The van der Waals surface area contributed by atoms with Crippen LogP contribution in [-0.4, -0.2) is 23.9 Å². The fourth-order valence-electron chi connectivity index (χ4n) is 2.24. The summed E-state index contributed by atoms with van der Waals surface area (Å²) >= 11 is 0. The summed E-state index contributed by atoms with van der Waals surface area (Å²) in [5, 5.41) is 0. The molecular weight excluding hydrogens is 248 g/mol. The van der Waals surface area contributed by atoms with Crippen molar-refractivity contribution >= 4 is 18.3 Å². The van der Waals surface area contributed by atoms with Crippen molar-refractivity contribution in [1.29, 1.82) is 0 Å². The first-order valence-electron chi connectivity index (χ1n) is 6.26. The quantitative estimate of drug-likeness (QED) is 0.863. The molecule has 0 fully saturated rings. The van der Waals surface area contributed by atoms with Crippen LogP contribution in [0.2, 0.25) is 0 Å². The lowest BCUT2D eigenvalue weighted by molar-refractivity contribution is -0.123. The molecule has 1 unspecified atom stereocenters. The maximum absolute atomic E-state index is 11.7. The van der Waals surface area contributed by atoms with Crippen molar-refractivity contribution < 1.29 is 4.79 Å². The number of benzene rings is 1. The Morgan fingerprint density at radius 1 is 1.22 bits per heavy atom. The first kappa shape index (κ1) is 16.9. The molecule has 0 saturated carbocycles. The average Bonchev–Trinajstić information content (AvgIpc) is 2.35. The van der Waals surface area contributed by atoms with Gasteiger partial charge >= 0.3 is 0 Å². The van der Waals surface area contributed by atoms with Crippen molar-refractivity contribution in [2.24, 2.45) is 5.73 Å². The van der Waals surface area contributed by atoms with Gasteiger partial charge in [-0.2, -0.15) is 0 Å². The average molecular weight is 271 g/mol. The molecule has 1 aromatic rings. The van der Waals surface area contributed by atoms with Crippen LogP contribution in [0.4, 0.5) is 0 Å². The predicted molar refractivity (Wildman–Crippen MR) is 77.9 cm³/mol. The molecular formula is C14H23ClN2O. The van der Waals surface area contributed by atoms with Gasteiger partial charge in [0.2, 0.25) is 5.91 Å². The topological polar surface area (TPSA) is 46.3 Å². The van der Waals surface area contributed by atoms with Crippen molar-refractivity contribution in [1.82, 2.24) is 4.90 Å². The van der Waals surface area contributed by atoms with E-state index in [0.29, 0.717) is 0 Å². The third-order valence-corrected chi connectivity index (χ3v) is 3.18. The minimum atomic E-state index is -0.304. The molecule has 1 rings (SSSR count). The first-order chi connectivity index (χ1) is 8.15. The van der Waals surface area contributed by atoms with Crippen molar-refractivity contribution in [2.45, 2.75) is 33.2 Å². The van der Waals surface area contributed by atoms with Crippen LogP contribution in [0, 0.1) is 0 Å². The third-order valence-electron chi connectivity index (χ3n) is 3.18. The summed E-state index contributed by atoms with van der Waals surface area (Å²) in [5.41, 5.74) is 7.81. The molecule has 0 bridgehead atoms. The number of hydrogen-bond acceptors (Lipinski definition) is 2. The molecule has 0 spiro atoms. The van der Waals surface area contributed by atoms with Crippen LogP contribution in [0.15, 0.2) is 24.3 Å². The molecule has 18 heavy (non-hydrogen) atoms. The molecule has 1 amide bonds. The van der Waals surface area contributed by atoms with Gasteiger partial charge in [0.25, 0.3) is 0 Å². The Labute approximate surface area is 116 Å². The number of likely N-dealkylation sites (N-methyl/N-ethyl adjacent to an activating group) is 1. The zero-order valence-corrected chi connectivity index (χ0v) is 12.2. The van der Waals surface area contributed by atoms with Gasteiger partial charge in [0, 0.05) is 0 Å². The highest BCUT2D eigenvalue weighted by Crippen LogP contribution is 2.24. The van der Waals surface area contributed by atoms with E-state index in [4.69, 9.17) is 5.73 Å². The van der Waals surface area contributed by atoms with Gasteiger partial charge in [-0.05, 0) is 30.6 Å². The van der Waals surface area contributed by atoms with Gasteiger partial charge in [0.1, 0.15) is 6.04 Å². The number of nitrogens with zero attached hydrogens (tertiary/aromatic N) is 1. The maximum atomic E-state index is 11.7. The highest BCUT2D eigenvalue weighted by Gasteiger charge is 2.24. The molecule has 2 N–H and O–H groups in total. The fourth-order valence-corrected chi connectivity index (χ4v) is 2.24. The van der Waals surface area contributed by atoms with E-state index in [-0.39, 0.29) is 24.4 Å². The first-order valence-corrected chi connectivity index (χ1v) is 6.26. The smallest absolute Gasteiger partial charge is 0.239 e. The van der Waals surface area contributed by atoms with Crippen molar-refractivity contribution in [2.75, 3.05) is 13.1 Å². The van der Waals surface area contributed by atoms with Gasteiger partial charge in [-0.15, -0.1) is 12.4 Å². The second-order valence-electron chi connectivity index (χ2n) is 4.08. The lowest BCUT2D eigenvalue weighted by Crippen LogP contribution is -2.38. The molecule has 0 saturated heterocycles. The lowest BCUT2D eigenvalue weighted by Gasteiger charge is -2.28. The summed E-state index contributed by atoms with van der Waals surface area (Å²) in [6.45, 7) is 7.84. The van der Waals surface area contributed by atoms with Gasteiger partial charge in [-0.3, -0.25) is 9.69 Å². The summed E-state index contributed by atoms with van der Waals surface area (Å²) in [5.74, 6) is -0.269. The lowest BCUT2D eigenvalue weighted by atomic mass is 9.97. The molecule has 0 aliphatic heterocycles. The Kier molecular flexibility index (Phi) is 7.64. The van der Waals surface area contributed by atoms with Crippen molar-refractivity contribution in [3.63, 3.8) is 0 Å². The maximum Gasteiger partial charge on any atom is 0.239 e. The van der Waals surface area contributed by atoms with Crippen LogP contribution in [0.3, 0.4) is 0 Å². The van der Waals surface area contributed by atoms with Gasteiger partial charge in [-0.1, -0.05) is 45.0 Å². The molecule has 0 aliphatic carbocycles. The van der Waals surface area contributed by atoms with E-state index < -0.39 is 0 Å². The summed E-state index contributed by atoms with van der Waals surface area (Å²) in [6.07, 6.45) is 0.918. The van der Waals surface area contributed by atoms with E-state index in [2.05, 4.69) is 17.9 Å². The monoisotopic (exact) mass is 270 g/mol. The molecule has 0 radical (unpaired) electrons. The number of hydrogen-bond donors (Lipinski definition) is 1. The summed E-state index contributed by atoms with van der Waals surface area (Å²) in [6, 6.07) is 7.74. The molecule has 0 aliphatic rings. The van der Waals surface area contributed by atoms with Crippen LogP contribution >= 0.6 is 12.4 Å². The summed E-state index contributed by atoms with van der Waals surface area (Å²) in [4.78, 5) is 13.8. The van der Waals surface area contributed by atoms with Crippen LogP contribution < -0.4 is 5.73 Å². The number of rotatable bonds is 6. The van der Waals surface area contributed by atoms with Gasteiger partial charge in [0.15, 0.2) is 0 Å². The number of aryl methyl sites for hydroxylation is 1. The molecule has 0 aromatic heterocycles. The Morgan fingerprint density at radius 2 is 1.78 bits per heavy atom. The Balaban J connectivity index is 0.00000289. The second kappa shape index (κ2) is 8.11. The molecule has 1 atom stereocenters. The Morgan fingerprint density at radius 3 is 2.22 bits per heavy atom. The standard InChI is InChI=1S/C14H22N2O.ClH/c1-4-11-9-7-8-10-12(11)13(14(15)17)16(5-2)6-3;/h7-10,13H,4-6H2,1-3H3,(H2,15,17);1H. The number of primary amides is 1. The van der Waals surface area contributed by atoms with Crippen LogP contribution in [0.1, 0.15) is 37.9 Å². The SMILES string of the molecule is CCc1ccccc1C(C(N)=O)N(CC)CC.Cl. The summed E-state index contributed by atoms with van der Waals surface area (Å²) in [7, 11) is 0. The summed E-state index contributed by atoms with van der Waals surface area (Å²) < 4.78 is 0. The van der Waals surface area contributed by atoms with E-state index in [1.807, 2.05) is 32.0 Å². The van der Waals surface area contributed by atoms with E-state index in [9.17, 15) is 4.79 Å². The third kappa shape index (κ3) is 3.72. The van der Waals surface area contributed by atoms with E-state index in [0.717, 1.165) is 25.1 Å². The number of halogens is 1. The van der Waals surface area contributed by atoms with E-state index >= 15 is 0 Å². The van der Waals surface area contributed by atoms with E-state index in [1.54, 1.807) is 0 Å². The van der Waals surface area contributed by atoms with Crippen LogP contribution in [0.5, 0.6) is 0 Å². The van der Waals surface area contributed by atoms with Gasteiger partial charge in [0.05, 0.1) is 0 Å². The fraction of sp³-hybridized carbons (Fsp3) is 0.500. The Bertz CT molecular complexity index is 378. The normalized spacial score (nSPS) is 12.0. The highest BCUT2D eigenvalue weighted by molar-refractivity contribution is 5.85. The zero-order chi connectivity index (χ0) is 12.8. The van der Waals surface area contributed by atoms with Gasteiger partial charge < -0.3 is 5.73 Å². The minimum Gasteiger partial charge on any atom is -0.368 e. The molecule has 0 heterocycles. The second-order valence-corrected chi connectivity index (χ2v) is 4.08. The largest absolute Gasteiger partial charge is 0.368 e. The van der Waals surface area contributed by atoms with E-state index in [1.165, 1.54) is 5.56 Å². The molecule has 4 heteroatoms.